The first kappa shape index (κ1) is 12.8. The van der Waals surface area contributed by atoms with Gasteiger partial charge in [0.2, 0.25) is 0 Å². The number of alkyl halides is 4. The van der Waals surface area contributed by atoms with E-state index < -0.39 is 22.4 Å². The van der Waals surface area contributed by atoms with Crippen LogP contribution in [0.3, 0.4) is 0 Å². The number of hydrogen-bond acceptors (Lipinski definition) is 2. The standard InChI is InChI=1S/C9H7ClF3NO2/c1-5-2-7(9(11,12)13)8(14(15)16)3-6(5)4-10/h2-3H,4H2,1H3. The number of nitrogens with zero attached hydrogens (tertiary/aromatic N) is 1. The zero-order valence-electron chi connectivity index (χ0n) is 8.14. The van der Waals surface area contributed by atoms with Gasteiger partial charge in [0.25, 0.3) is 5.69 Å². The monoisotopic (exact) mass is 253 g/mol. The normalized spacial score (nSPS) is 11.6. The Hall–Kier alpha value is -1.30. The summed E-state index contributed by atoms with van der Waals surface area (Å²) in [7, 11) is 0. The molecule has 0 N–H and O–H groups in total. The third-order valence-corrected chi connectivity index (χ3v) is 2.39. The number of hydrogen-bond donors (Lipinski definition) is 0. The predicted octanol–water partition coefficient (Wildman–Crippen LogP) is 3.66. The van der Waals surface area contributed by atoms with E-state index in [0.29, 0.717) is 5.56 Å². The van der Waals surface area contributed by atoms with Gasteiger partial charge in [-0.2, -0.15) is 13.2 Å². The second-order valence-electron chi connectivity index (χ2n) is 3.18. The van der Waals surface area contributed by atoms with Gasteiger partial charge in [-0.15, -0.1) is 11.6 Å². The van der Waals surface area contributed by atoms with E-state index in [2.05, 4.69) is 0 Å². The van der Waals surface area contributed by atoms with Gasteiger partial charge in [0, 0.05) is 11.9 Å². The summed E-state index contributed by atoms with van der Waals surface area (Å²) in [4.78, 5) is 9.45. The molecule has 0 aliphatic heterocycles. The molecule has 0 saturated heterocycles. The number of benzene rings is 1. The summed E-state index contributed by atoms with van der Waals surface area (Å²) in [6, 6.07) is 1.61. The van der Waals surface area contributed by atoms with Crippen LogP contribution in [0.4, 0.5) is 18.9 Å². The number of halogens is 4. The van der Waals surface area contributed by atoms with E-state index in [1.165, 1.54) is 6.92 Å². The smallest absolute Gasteiger partial charge is 0.258 e. The van der Waals surface area contributed by atoms with Crippen LogP contribution in [0.15, 0.2) is 12.1 Å². The molecule has 0 radical (unpaired) electrons. The maximum Gasteiger partial charge on any atom is 0.423 e. The molecule has 1 aromatic rings. The van der Waals surface area contributed by atoms with Gasteiger partial charge >= 0.3 is 6.18 Å². The quantitative estimate of drug-likeness (QED) is 0.459. The Bertz CT molecular complexity index is 431. The zero-order chi connectivity index (χ0) is 12.5. The molecule has 0 amide bonds. The lowest BCUT2D eigenvalue weighted by Crippen LogP contribution is -2.10. The summed E-state index contributed by atoms with van der Waals surface area (Å²) in [5.74, 6) is -0.0647. The largest absolute Gasteiger partial charge is 0.423 e. The van der Waals surface area contributed by atoms with E-state index in [9.17, 15) is 23.3 Å². The fraction of sp³-hybridized carbons (Fsp3) is 0.333. The molecule has 7 heteroatoms. The average molecular weight is 254 g/mol. The van der Waals surface area contributed by atoms with Crippen molar-refractivity contribution >= 4 is 17.3 Å². The minimum Gasteiger partial charge on any atom is -0.258 e. The first-order valence-corrected chi connectivity index (χ1v) is 4.72. The summed E-state index contributed by atoms with van der Waals surface area (Å²) in [5, 5.41) is 10.5. The SMILES string of the molecule is Cc1cc(C(F)(F)F)c([N+](=O)[O-])cc1CCl. The fourth-order valence-corrected chi connectivity index (χ4v) is 1.55. The van der Waals surface area contributed by atoms with Gasteiger partial charge in [-0.1, -0.05) is 0 Å². The summed E-state index contributed by atoms with van der Waals surface area (Å²) >= 11 is 5.47. The number of aryl methyl sites for hydroxylation is 1. The van der Waals surface area contributed by atoms with Crippen molar-refractivity contribution in [2.24, 2.45) is 0 Å². The molecule has 1 rings (SSSR count). The van der Waals surface area contributed by atoms with Gasteiger partial charge in [0.15, 0.2) is 0 Å². The van der Waals surface area contributed by atoms with E-state index in [1.807, 2.05) is 0 Å². The van der Waals surface area contributed by atoms with E-state index in [0.717, 1.165) is 12.1 Å². The maximum atomic E-state index is 12.5. The van der Waals surface area contributed by atoms with Gasteiger partial charge in [-0.25, -0.2) is 0 Å². The van der Waals surface area contributed by atoms with Crippen LogP contribution in [0.25, 0.3) is 0 Å². The van der Waals surface area contributed by atoms with Crippen LogP contribution in [0, 0.1) is 17.0 Å². The Kier molecular flexibility index (Phi) is 3.42. The molecule has 0 aliphatic rings. The molecule has 0 atom stereocenters. The molecule has 0 unspecified atom stereocenters. The summed E-state index contributed by atoms with van der Waals surface area (Å²) in [6.07, 6.45) is -4.74. The molecule has 0 saturated carbocycles. The highest BCUT2D eigenvalue weighted by Crippen LogP contribution is 2.37. The molecular weight excluding hydrogens is 247 g/mol. The molecule has 0 fully saturated rings. The molecule has 0 spiro atoms. The molecule has 0 bridgehead atoms. The van der Waals surface area contributed by atoms with Gasteiger partial charge in [0.05, 0.1) is 4.92 Å². The van der Waals surface area contributed by atoms with Crippen LogP contribution in [-0.2, 0) is 12.1 Å². The van der Waals surface area contributed by atoms with Gasteiger partial charge in [-0.3, -0.25) is 10.1 Å². The second-order valence-corrected chi connectivity index (χ2v) is 3.45. The molecule has 16 heavy (non-hydrogen) atoms. The Balaban J connectivity index is 3.49. The van der Waals surface area contributed by atoms with Gasteiger partial charge in [-0.05, 0) is 24.1 Å². The molecule has 0 aromatic heterocycles. The van der Waals surface area contributed by atoms with E-state index >= 15 is 0 Å². The predicted molar refractivity (Wildman–Crippen MR) is 52.4 cm³/mol. The number of nitro groups is 1. The van der Waals surface area contributed by atoms with Gasteiger partial charge < -0.3 is 0 Å². The van der Waals surface area contributed by atoms with Crippen molar-refractivity contribution in [2.75, 3.05) is 0 Å². The van der Waals surface area contributed by atoms with Crippen molar-refractivity contribution in [3.8, 4) is 0 Å². The fourth-order valence-electron chi connectivity index (χ4n) is 1.26. The second kappa shape index (κ2) is 4.29. The summed E-state index contributed by atoms with van der Waals surface area (Å²) in [6.45, 7) is 1.43. The Morgan fingerprint density at radius 2 is 2.00 bits per heavy atom. The number of nitro benzene ring substituents is 1. The summed E-state index contributed by atoms with van der Waals surface area (Å²) < 4.78 is 37.5. The Morgan fingerprint density at radius 3 is 2.38 bits per heavy atom. The molecule has 1 aromatic carbocycles. The third-order valence-electron chi connectivity index (χ3n) is 2.10. The van der Waals surface area contributed by atoms with Crippen molar-refractivity contribution in [1.82, 2.24) is 0 Å². The average Bonchev–Trinajstić information content (AvgIpc) is 2.15. The molecule has 0 heterocycles. The van der Waals surface area contributed by atoms with Crippen molar-refractivity contribution in [3.05, 3.63) is 38.9 Å². The molecular formula is C9H7ClF3NO2. The lowest BCUT2D eigenvalue weighted by molar-refractivity contribution is -0.388. The molecule has 0 aliphatic carbocycles. The van der Waals surface area contributed by atoms with Crippen LogP contribution in [0.1, 0.15) is 16.7 Å². The van der Waals surface area contributed by atoms with E-state index in [4.69, 9.17) is 11.6 Å². The lowest BCUT2D eigenvalue weighted by Gasteiger charge is -2.10. The third kappa shape index (κ3) is 2.44. The first-order chi connectivity index (χ1) is 7.27. The molecule has 3 nitrogen and oxygen atoms in total. The van der Waals surface area contributed by atoms with E-state index in [1.54, 1.807) is 0 Å². The minimum atomic E-state index is -4.74. The Morgan fingerprint density at radius 1 is 1.44 bits per heavy atom. The maximum absolute atomic E-state index is 12.5. The lowest BCUT2D eigenvalue weighted by atomic mass is 10.0. The highest BCUT2D eigenvalue weighted by atomic mass is 35.5. The van der Waals surface area contributed by atoms with Crippen LogP contribution in [-0.4, -0.2) is 4.92 Å². The van der Waals surface area contributed by atoms with Crippen molar-refractivity contribution < 1.29 is 18.1 Å². The van der Waals surface area contributed by atoms with E-state index in [-0.39, 0.29) is 11.4 Å². The van der Waals surface area contributed by atoms with Crippen LogP contribution in [0.5, 0.6) is 0 Å². The first-order valence-electron chi connectivity index (χ1n) is 4.18. The van der Waals surface area contributed by atoms with Crippen molar-refractivity contribution in [3.63, 3.8) is 0 Å². The highest BCUT2D eigenvalue weighted by Gasteiger charge is 2.38. The van der Waals surface area contributed by atoms with Crippen LogP contribution < -0.4 is 0 Å². The summed E-state index contributed by atoms with van der Waals surface area (Å²) in [5.41, 5.74) is -1.60. The van der Waals surface area contributed by atoms with Gasteiger partial charge in [0.1, 0.15) is 5.56 Å². The van der Waals surface area contributed by atoms with Crippen molar-refractivity contribution in [2.45, 2.75) is 19.0 Å². The van der Waals surface area contributed by atoms with Crippen LogP contribution in [0.2, 0.25) is 0 Å². The van der Waals surface area contributed by atoms with Crippen molar-refractivity contribution in [1.29, 1.82) is 0 Å². The Labute approximate surface area is 94.0 Å². The van der Waals surface area contributed by atoms with Crippen LogP contribution >= 0.6 is 11.6 Å². The minimum absolute atomic E-state index is 0.0647. The highest BCUT2D eigenvalue weighted by molar-refractivity contribution is 6.17. The number of rotatable bonds is 2. The zero-order valence-corrected chi connectivity index (χ0v) is 8.89. The molecule has 88 valence electrons. The topological polar surface area (TPSA) is 43.1 Å².